The van der Waals surface area contributed by atoms with Gasteiger partial charge in [-0.1, -0.05) is 5.16 Å². The van der Waals surface area contributed by atoms with Gasteiger partial charge in [0.05, 0.1) is 12.1 Å². The fourth-order valence-electron chi connectivity index (χ4n) is 0.592. The van der Waals surface area contributed by atoms with E-state index in [1.54, 1.807) is 0 Å². The highest BCUT2D eigenvalue weighted by Gasteiger charge is 2.36. The number of carbonyl (C=O) groups is 2. The molecule has 0 aliphatic heterocycles. The van der Waals surface area contributed by atoms with Gasteiger partial charge in [0.15, 0.2) is 0 Å². The molecule has 0 spiro atoms. The van der Waals surface area contributed by atoms with E-state index in [1.807, 2.05) is 0 Å². The van der Waals surface area contributed by atoms with E-state index < -0.39 is 23.5 Å². The summed E-state index contributed by atoms with van der Waals surface area (Å²) in [4.78, 5) is 25.4. The summed E-state index contributed by atoms with van der Waals surface area (Å²) in [6, 6.07) is 0. The fourth-order valence-corrected chi connectivity index (χ4v) is 1.47. The SMILES string of the molecule is CS/C(=N\OC(=O)N(C)SN(C)C(=O)F)C(F)(F)F. The van der Waals surface area contributed by atoms with Gasteiger partial charge in [-0.2, -0.15) is 13.2 Å². The number of nitrogens with zero attached hydrogens (tertiary/aromatic N) is 3. The fraction of sp³-hybridized carbons (Fsp3) is 0.571. The summed E-state index contributed by atoms with van der Waals surface area (Å²) in [5.41, 5.74) is 0. The Hall–Kier alpha value is -1.17. The molecule has 0 atom stereocenters. The Balaban J connectivity index is 4.53. The summed E-state index contributed by atoms with van der Waals surface area (Å²) < 4.78 is 49.8. The lowest BCUT2D eigenvalue weighted by Crippen LogP contribution is -2.27. The Bertz CT molecular complexity index is 377. The smallest absolute Gasteiger partial charge is 0.296 e. The van der Waals surface area contributed by atoms with E-state index in [1.165, 1.54) is 0 Å². The molecule has 2 amide bonds. The van der Waals surface area contributed by atoms with E-state index in [-0.39, 0.29) is 11.8 Å². The summed E-state index contributed by atoms with van der Waals surface area (Å²) in [6.45, 7) is 0. The van der Waals surface area contributed by atoms with Crippen LogP contribution < -0.4 is 0 Å². The van der Waals surface area contributed by atoms with Gasteiger partial charge < -0.3 is 0 Å². The van der Waals surface area contributed by atoms with Crippen molar-refractivity contribution in [3.05, 3.63) is 0 Å². The minimum absolute atomic E-state index is 0.247. The summed E-state index contributed by atoms with van der Waals surface area (Å²) in [5.74, 6) is 0. The largest absolute Gasteiger partial charge is 0.447 e. The molecule has 0 aliphatic rings. The molecule has 0 bridgehead atoms. The maximum absolute atomic E-state index is 12.2. The number of oxime groups is 1. The molecule has 0 aromatic heterocycles. The number of thioether (sulfide) groups is 1. The second kappa shape index (κ2) is 7.43. The predicted octanol–water partition coefficient (Wildman–Crippen LogP) is 2.88. The van der Waals surface area contributed by atoms with Crippen LogP contribution in [0.5, 0.6) is 0 Å². The first kappa shape index (κ1) is 17.8. The highest BCUT2D eigenvalue weighted by molar-refractivity contribution is 8.13. The Morgan fingerprint density at radius 1 is 1.21 bits per heavy atom. The zero-order chi connectivity index (χ0) is 15.2. The lowest BCUT2D eigenvalue weighted by atomic mass is 10.7. The monoisotopic (exact) mass is 323 g/mol. The molecule has 12 heteroatoms. The van der Waals surface area contributed by atoms with Crippen molar-refractivity contribution >= 4 is 41.2 Å². The molecule has 0 aliphatic carbocycles. The molecule has 0 heterocycles. The van der Waals surface area contributed by atoms with Crippen LogP contribution in [0.3, 0.4) is 0 Å². The molecule has 110 valence electrons. The molecule has 0 N–H and O–H groups in total. The molecule has 0 unspecified atom stereocenters. The number of halogens is 4. The van der Waals surface area contributed by atoms with Gasteiger partial charge >= 0.3 is 18.4 Å². The lowest BCUT2D eigenvalue weighted by Gasteiger charge is -2.17. The van der Waals surface area contributed by atoms with Crippen molar-refractivity contribution in [1.82, 2.24) is 8.61 Å². The molecule has 6 nitrogen and oxygen atoms in total. The van der Waals surface area contributed by atoms with E-state index in [4.69, 9.17) is 0 Å². The van der Waals surface area contributed by atoms with Crippen LogP contribution in [0, 0.1) is 0 Å². The minimum atomic E-state index is -4.74. The summed E-state index contributed by atoms with van der Waals surface area (Å²) in [6.07, 6.45) is -6.77. The molecule has 0 rings (SSSR count). The maximum atomic E-state index is 12.2. The number of amides is 2. The average Bonchev–Trinajstić information content (AvgIpc) is 2.27. The van der Waals surface area contributed by atoms with Crippen molar-refractivity contribution in [2.75, 3.05) is 20.4 Å². The van der Waals surface area contributed by atoms with E-state index in [0.29, 0.717) is 20.7 Å². The Morgan fingerprint density at radius 3 is 2.11 bits per heavy atom. The quantitative estimate of drug-likeness (QED) is 0.117. The third kappa shape index (κ3) is 6.52. The number of carbonyl (C=O) groups excluding carboxylic acids is 2. The van der Waals surface area contributed by atoms with E-state index in [9.17, 15) is 27.2 Å². The van der Waals surface area contributed by atoms with Crippen molar-refractivity contribution in [2.24, 2.45) is 5.16 Å². The third-order valence-corrected chi connectivity index (χ3v) is 2.87. The maximum Gasteiger partial charge on any atom is 0.447 e. The molecule has 0 fully saturated rings. The van der Waals surface area contributed by atoms with Crippen LogP contribution in [0.2, 0.25) is 0 Å². The van der Waals surface area contributed by atoms with Crippen molar-refractivity contribution in [2.45, 2.75) is 6.18 Å². The van der Waals surface area contributed by atoms with Crippen LogP contribution >= 0.6 is 23.9 Å². The second-order valence-corrected chi connectivity index (χ2v) is 4.84. The molecular formula is C7H9F4N3O3S2. The van der Waals surface area contributed by atoms with Crippen LogP contribution in [0.4, 0.5) is 27.2 Å². The molecular weight excluding hydrogens is 314 g/mol. The summed E-state index contributed by atoms with van der Waals surface area (Å²) in [7, 11) is 2.08. The number of hydrogen-bond acceptors (Lipinski definition) is 6. The molecule has 0 aromatic carbocycles. The molecule has 0 aromatic rings. The van der Waals surface area contributed by atoms with Gasteiger partial charge in [-0.05, 0) is 6.26 Å². The van der Waals surface area contributed by atoms with Crippen molar-refractivity contribution in [1.29, 1.82) is 0 Å². The highest BCUT2D eigenvalue weighted by Crippen LogP contribution is 2.24. The van der Waals surface area contributed by atoms with Gasteiger partial charge in [-0.3, -0.25) is 4.84 Å². The van der Waals surface area contributed by atoms with E-state index in [2.05, 4.69) is 9.99 Å². The van der Waals surface area contributed by atoms with Gasteiger partial charge in [-0.15, -0.1) is 16.2 Å². The zero-order valence-electron chi connectivity index (χ0n) is 9.89. The predicted molar refractivity (Wildman–Crippen MR) is 63.1 cm³/mol. The summed E-state index contributed by atoms with van der Waals surface area (Å²) in [5, 5.41) is 1.29. The first-order valence-electron chi connectivity index (χ1n) is 4.34. The standard InChI is InChI=1S/C7H9F4N3O3S2/c1-13(5(8)15)19-14(2)6(16)17-12-4(18-3)7(9,10)11/h1-3H3/b12-4-. The van der Waals surface area contributed by atoms with Crippen LogP contribution in [-0.4, -0.2) is 52.4 Å². The van der Waals surface area contributed by atoms with E-state index >= 15 is 0 Å². The van der Waals surface area contributed by atoms with Crippen LogP contribution in [0.25, 0.3) is 0 Å². The Kier molecular flexibility index (Phi) is 6.97. The minimum Gasteiger partial charge on any atom is -0.296 e. The van der Waals surface area contributed by atoms with Gasteiger partial charge in [-0.25, -0.2) is 18.2 Å². The van der Waals surface area contributed by atoms with Crippen molar-refractivity contribution in [3.8, 4) is 0 Å². The van der Waals surface area contributed by atoms with Gasteiger partial charge in [0.25, 0.3) is 0 Å². The first-order chi connectivity index (χ1) is 8.59. The van der Waals surface area contributed by atoms with Crippen LogP contribution in [0.15, 0.2) is 5.16 Å². The highest BCUT2D eigenvalue weighted by atomic mass is 32.2. The Morgan fingerprint density at radius 2 is 1.74 bits per heavy atom. The number of hydrogen-bond donors (Lipinski definition) is 0. The summed E-state index contributed by atoms with van der Waals surface area (Å²) >= 11 is 0.540. The zero-order valence-corrected chi connectivity index (χ0v) is 11.5. The molecule has 0 saturated carbocycles. The van der Waals surface area contributed by atoms with Crippen LogP contribution in [0.1, 0.15) is 0 Å². The topological polar surface area (TPSA) is 62.2 Å². The second-order valence-electron chi connectivity index (χ2n) is 2.79. The molecule has 0 saturated heterocycles. The van der Waals surface area contributed by atoms with Gasteiger partial charge in [0.2, 0.25) is 5.04 Å². The Labute approximate surface area is 114 Å². The average molecular weight is 323 g/mol. The van der Waals surface area contributed by atoms with Gasteiger partial charge in [0.1, 0.15) is 0 Å². The van der Waals surface area contributed by atoms with E-state index in [0.717, 1.165) is 20.4 Å². The first-order valence-corrected chi connectivity index (χ1v) is 6.30. The number of rotatable bonds is 3. The molecule has 0 radical (unpaired) electrons. The van der Waals surface area contributed by atoms with Crippen molar-refractivity contribution in [3.63, 3.8) is 0 Å². The third-order valence-electron chi connectivity index (χ3n) is 1.39. The lowest BCUT2D eigenvalue weighted by molar-refractivity contribution is -0.0575. The normalized spacial score (nSPS) is 12.1. The van der Waals surface area contributed by atoms with Crippen LogP contribution in [-0.2, 0) is 4.84 Å². The molecule has 19 heavy (non-hydrogen) atoms. The number of alkyl halides is 3. The van der Waals surface area contributed by atoms with Crippen molar-refractivity contribution < 1.29 is 32.0 Å². The van der Waals surface area contributed by atoms with Gasteiger partial charge in [0, 0.05) is 14.1 Å².